The van der Waals surface area contributed by atoms with Crippen molar-refractivity contribution in [1.82, 2.24) is 19.3 Å². The fourth-order valence-corrected chi connectivity index (χ4v) is 2.44. The normalized spacial score (nSPS) is 14.8. The minimum atomic E-state index is 0.0518. The smallest absolute Gasteiger partial charge is 0.111 e. The number of aryl methyl sites for hydroxylation is 1. The fraction of sp³-hybridized carbons (Fsp3) is 0.571. The molecule has 2 atom stereocenters. The van der Waals surface area contributed by atoms with Crippen LogP contribution in [-0.4, -0.2) is 25.4 Å². The van der Waals surface area contributed by atoms with E-state index in [1.165, 1.54) is 0 Å². The second-order valence-electron chi connectivity index (χ2n) is 5.31. The zero-order valence-corrected chi connectivity index (χ0v) is 12.1. The molecule has 0 aliphatic heterocycles. The van der Waals surface area contributed by atoms with Gasteiger partial charge in [0.1, 0.15) is 5.82 Å². The zero-order valence-electron chi connectivity index (χ0n) is 12.1. The third-order valence-corrected chi connectivity index (χ3v) is 3.46. The highest BCUT2D eigenvalue weighted by molar-refractivity contribution is 5.17. The number of hydrogen-bond acceptors (Lipinski definition) is 3. The second kappa shape index (κ2) is 5.57. The number of nitrogens with zero attached hydrogens (tertiary/aromatic N) is 4. The van der Waals surface area contributed by atoms with Crippen LogP contribution in [0.15, 0.2) is 24.8 Å². The first kappa shape index (κ1) is 13.8. The lowest BCUT2D eigenvalue weighted by Gasteiger charge is -2.26. The maximum absolute atomic E-state index is 6.33. The highest BCUT2D eigenvalue weighted by Gasteiger charge is 2.24. The monoisotopic (exact) mass is 261 g/mol. The molecule has 2 N–H and O–H groups in total. The Balaban J connectivity index is 2.46. The number of rotatable bonds is 5. The van der Waals surface area contributed by atoms with Crippen molar-refractivity contribution in [2.75, 3.05) is 0 Å². The van der Waals surface area contributed by atoms with Gasteiger partial charge in [0.05, 0.1) is 12.2 Å². The minimum Gasteiger partial charge on any atom is -0.326 e. The molecule has 19 heavy (non-hydrogen) atoms. The molecule has 2 unspecified atom stereocenters. The standard InChI is InChI=1S/C14H23N5/c1-5-12(15)13(11-8-17-18(4)9-11)19-7-6-16-14(19)10(2)3/h6-10,12-13H,5,15H2,1-4H3. The van der Waals surface area contributed by atoms with E-state index in [1.807, 2.05) is 36.5 Å². The van der Waals surface area contributed by atoms with Crippen molar-refractivity contribution in [3.05, 3.63) is 36.2 Å². The van der Waals surface area contributed by atoms with Crippen LogP contribution in [0.1, 0.15) is 50.5 Å². The van der Waals surface area contributed by atoms with Gasteiger partial charge in [-0.3, -0.25) is 4.68 Å². The Morgan fingerprint density at radius 3 is 2.63 bits per heavy atom. The maximum atomic E-state index is 6.33. The summed E-state index contributed by atoms with van der Waals surface area (Å²) in [7, 11) is 1.93. The quantitative estimate of drug-likeness (QED) is 0.896. The zero-order chi connectivity index (χ0) is 14.0. The fourth-order valence-electron chi connectivity index (χ4n) is 2.44. The molecule has 0 bridgehead atoms. The average Bonchev–Trinajstić information content (AvgIpc) is 2.99. The topological polar surface area (TPSA) is 61.7 Å². The molecule has 2 heterocycles. The van der Waals surface area contributed by atoms with Crippen LogP contribution in [0.3, 0.4) is 0 Å². The second-order valence-corrected chi connectivity index (χ2v) is 5.31. The predicted molar refractivity (Wildman–Crippen MR) is 75.9 cm³/mol. The van der Waals surface area contributed by atoms with E-state index in [0.29, 0.717) is 5.92 Å². The molecule has 5 nitrogen and oxygen atoms in total. The Labute approximate surface area is 114 Å². The van der Waals surface area contributed by atoms with Crippen LogP contribution in [0, 0.1) is 0 Å². The van der Waals surface area contributed by atoms with Gasteiger partial charge in [0, 0.05) is 43.2 Å². The van der Waals surface area contributed by atoms with Gasteiger partial charge >= 0.3 is 0 Å². The molecule has 0 saturated carbocycles. The molecule has 0 saturated heterocycles. The number of nitrogens with two attached hydrogens (primary N) is 1. The van der Waals surface area contributed by atoms with E-state index in [-0.39, 0.29) is 12.1 Å². The first-order chi connectivity index (χ1) is 9.04. The van der Waals surface area contributed by atoms with Gasteiger partial charge in [-0.2, -0.15) is 5.10 Å². The Morgan fingerprint density at radius 1 is 1.37 bits per heavy atom. The summed E-state index contributed by atoms with van der Waals surface area (Å²) in [5.41, 5.74) is 7.47. The number of hydrogen-bond donors (Lipinski definition) is 1. The highest BCUT2D eigenvalue weighted by atomic mass is 15.2. The van der Waals surface area contributed by atoms with Crippen LogP contribution in [-0.2, 0) is 7.05 Å². The molecule has 2 aromatic heterocycles. The van der Waals surface area contributed by atoms with E-state index >= 15 is 0 Å². The number of aromatic nitrogens is 4. The summed E-state index contributed by atoms with van der Waals surface area (Å²) in [4.78, 5) is 4.47. The number of imidazole rings is 1. The average molecular weight is 261 g/mol. The summed E-state index contributed by atoms with van der Waals surface area (Å²) in [6, 6.07) is 0.148. The van der Waals surface area contributed by atoms with Crippen LogP contribution >= 0.6 is 0 Å². The molecule has 0 aliphatic carbocycles. The van der Waals surface area contributed by atoms with E-state index in [1.54, 1.807) is 0 Å². The van der Waals surface area contributed by atoms with Gasteiger partial charge in [-0.05, 0) is 6.42 Å². The molecule has 2 aromatic rings. The van der Waals surface area contributed by atoms with Crippen LogP contribution in [0.4, 0.5) is 0 Å². The molecule has 0 aliphatic rings. The maximum Gasteiger partial charge on any atom is 0.111 e. The molecule has 0 amide bonds. The molecule has 5 heteroatoms. The van der Waals surface area contributed by atoms with Crippen molar-refractivity contribution in [1.29, 1.82) is 0 Å². The van der Waals surface area contributed by atoms with Gasteiger partial charge < -0.3 is 10.3 Å². The molecule has 0 aromatic carbocycles. The van der Waals surface area contributed by atoms with Gasteiger partial charge in [-0.15, -0.1) is 0 Å². The molecule has 104 valence electrons. The molecule has 0 fully saturated rings. The third-order valence-electron chi connectivity index (χ3n) is 3.46. The van der Waals surface area contributed by atoms with Crippen LogP contribution < -0.4 is 5.73 Å². The lowest BCUT2D eigenvalue weighted by atomic mass is 10.00. The van der Waals surface area contributed by atoms with Gasteiger partial charge in [0.2, 0.25) is 0 Å². The van der Waals surface area contributed by atoms with E-state index < -0.39 is 0 Å². The van der Waals surface area contributed by atoms with Gasteiger partial charge in [0.15, 0.2) is 0 Å². The minimum absolute atomic E-state index is 0.0518. The molecular weight excluding hydrogens is 238 g/mol. The summed E-state index contributed by atoms with van der Waals surface area (Å²) in [5, 5.41) is 4.27. The van der Waals surface area contributed by atoms with Crippen LogP contribution in [0.2, 0.25) is 0 Å². The van der Waals surface area contributed by atoms with E-state index in [2.05, 4.69) is 35.4 Å². The van der Waals surface area contributed by atoms with Crippen molar-refractivity contribution in [2.24, 2.45) is 12.8 Å². The van der Waals surface area contributed by atoms with Crippen molar-refractivity contribution in [3.8, 4) is 0 Å². The molecule has 0 radical (unpaired) electrons. The first-order valence-electron chi connectivity index (χ1n) is 6.81. The van der Waals surface area contributed by atoms with Crippen LogP contribution in [0.25, 0.3) is 0 Å². The van der Waals surface area contributed by atoms with E-state index in [4.69, 9.17) is 5.73 Å². The predicted octanol–water partition coefficient (Wildman–Crippen LogP) is 2.07. The Bertz CT molecular complexity index is 525. The van der Waals surface area contributed by atoms with Crippen molar-refractivity contribution >= 4 is 0 Å². The Kier molecular flexibility index (Phi) is 4.04. The lowest BCUT2D eigenvalue weighted by Crippen LogP contribution is -2.33. The molecule has 2 rings (SSSR count). The molecular formula is C14H23N5. The van der Waals surface area contributed by atoms with E-state index in [0.717, 1.165) is 17.8 Å². The largest absolute Gasteiger partial charge is 0.326 e. The first-order valence-corrected chi connectivity index (χ1v) is 6.81. The summed E-state index contributed by atoms with van der Waals surface area (Å²) < 4.78 is 4.01. The van der Waals surface area contributed by atoms with Crippen molar-refractivity contribution in [3.63, 3.8) is 0 Å². The van der Waals surface area contributed by atoms with Crippen molar-refractivity contribution in [2.45, 2.75) is 45.2 Å². The Morgan fingerprint density at radius 2 is 2.11 bits per heavy atom. The van der Waals surface area contributed by atoms with E-state index in [9.17, 15) is 0 Å². The van der Waals surface area contributed by atoms with Gasteiger partial charge in [-0.1, -0.05) is 20.8 Å². The molecule has 0 spiro atoms. The lowest BCUT2D eigenvalue weighted by molar-refractivity contribution is 0.439. The van der Waals surface area contributed by atoms with Gasteiger partial charge in [0.25, 0.3) is 0 Å². The summed E-state index contributed by atoms with van der Waals surface area (Å²) >= 11 is 0. The summed E-state index contributed by atoms with van der Waals surface area (Å²) in [6.07, 6.45) is 8.70. The summed E-state index contributed by atoms with van der Waals surface area (Å²) in [6.45, 7) is 6.41. The van der Waals surface area contributed by atoms with Crippen molar-refractivity contribution < 1.29 is 0 Å². The van der Waals surface area contributed by atoms with Crippen LogP contribution in [0.5, 0.6) is 0 Å². The Hall–Kier alpha value is -1.62. The summed E-state index contributed by atoms with van der Waals surface area (Å²) in [5.74, 6) is 1.44. The van der Waals surface area contributed by atoms with Gasteiger partial charge in [-0.25, -0.2) is 4.98 Å². The highest BCUT2D eigenvalue weighted by Crippen LogP contribution is 2.26. The third kappa shape index (κ3) is 2.71. The SMILES string of the molecule is CCC(N)C(c1cnn(C)c1)n1ccnc1C(C)C.